The van der Waals surface area contributed by atoms with E-state index in [9.17, 15) is 9.59 Å². The molecule has 1 saturated heterocycles. The first-order valence-electron chi connectivity index (χ1n) is 11.7. The minimum Gasteiger partial charge on any atom is -0.336 e. The van der Waals surface area contributed by atoms with E-state index in [0.29, 0.717) is 23.7 Å². The van der Waals surface area contributed by atoms with Crippen molar-refractivity contribution >= 4 is 28.2 Å². The average molecular weight is 460 g/mol. The van der Waals surface area contributed by atoms with Gasteiger partial charge in [0.1, 0.15) is 5.00 Å². The van der Waals surface area contributed by atoms with Crippen molar-refractivity contribution < 1.29 is 9.59 Å². The lowest BCUT2D eigenvalue weighted by molar-refractivity contribution is 0.0629. The van der Waals surface area contributed by atoms with Gasteiger partial charge in [-0.3, -0.25) is 14.5 Å². The summed E-state index contributed by atoms with van der Waals surface area (Å²) >= 11 is 1.58. The van der Waals surface area contributed by atoms with Gasteiger partial charge in [-0.15, -0.1) is 11.3 Å². The Balaban J connectivity index is 1.30. The molecule has 0 spiro atoms. The van der Waals surface area contributed by atoms with Gasteiger partial charge in [-0.1, -0.05) is 48.0 Å². The van der Waals surface area contributed by atoms with Crippen LogP contribution < -0.4 is 5.32 Å². The summed E-state index contributed by atoms with van der Waals surface area (Å²) in [6, 6.07) is 18.0. The molecule has 0 saturated carbocycles. The van der Waals surface area contributed by atoms with Crippen molar-refractivity contribution in [3.05, 3.63) is 87.3 Å². The number of aryl methyl sites for hydroxylation is 2. The number of hydrogen-bond donors (Lipinski definition) is 1. The van der Waals surface area contributed by atoms with Crippen molar-refractivity contribution in [2.24, 2.45) is 0 Å². The molecule has 0 unspecified atom stereocenters. The number of benzene rings is 2. The maximum atomic E-state index is 13.6. The highest BCUT2D eigenvalue weighted by Gasteiger charge is 2.31. The molecule has 1 aliphatic carbocycles. The number of thiophene rings is 1. The third kappa shape index (κ3) is 4.72. The Morgan fingerprint density at radius 3 is 2.39 bits per heavy atom. The highest BCUT2D eigenvalue weighted by molar-refractivity contribution is 7.17. The Morgan fingerprint density at radius 1 is 0.939 bits per heavy atom. The number of nitrogens with zero attached hydrogens (tertiary/aromatic N) is 2. The molecular formula is C27H29N3O2S. The van der Waals surface area contributed by atoms with Gasteiger partial charge in [0, 0.05) is 43.2 Å². The van der Waals surface area contributed by atoms with Gasteiger partial charge in [0.25, 0.3) is 11.8 Å². The van der Waals surface area contributed by atoms with Crippen LogP contribution in [0.3, 0.4) is 0 Å². The Kier molecular flexibility index (Phi) is 6.29. The van der Waals surface area contributed by atoms with E-state index in [-0.39, 0.29) is 11.8 Å². The Labute approximate surface area is 199 Å². The molecule has 2 aliphatic rings. The summed E-state index contributed by atoms with van der Waals surface area (Å²) in [5, 5.41) is 3.77. The van der Waals surface area contributed by atoms with E-state index in [2.05, 4.69) is 34.5 Å². The molecular weight excluding hydrogens is 430 g/mol. The smallest absolute Gasteiger partial charge is 0.257 e. The second-order valence-electron chi connectivity index (χ2n) is 8.94. The van der Waals surface area contributed by atoms with Crippen molar-refractivity contribution in [1.82, 2.24) is 9.80 Å². The first kappa shape index (κ1) is 21.9. The van der Waals surface area contributed by atoms with Crippen LogP contribution in [0.5, 0.6) is 0 Å². The van der Waals surface area contributed by atoms with Crippen LogP contribution in [-0.4, -0.2) is 47.8 Å². The van der Waals surface area contributed by atoms with Crippen LogP contribution >= 0.6 is 11.3 Å². The van der Waals surface area contributed by atoms with Gasteiger partial charge in [0.15, 0.2) is 0 Å². The quantitative estimate of drug-likeness (QED) is 0.599. The van der Waals surface area contributed by atoms with Gasteiger partial charge < -0.3 is 10.2 Å². The Hall–Kier alpha value is -2.96. The number of carbonyl (C=O) groups is 2. The second kappa shape index (κ2) is 9.49. The SMILES string of the molecule is Cc1ccc(C(=O)Nc2sc3c(c2C(=O)N2CCN(Cc4ccccc4)CC2)CCC3)cc1. The molecule has 6 heteroatoms. The van der Waals surface area contributed by atoms with Gasteiger partial charge in [0.05, 0.1) is 5.56 Å². The predicted octanol–water partition coefficient (Wildman–Crippen LogP) is 4.76. The van der Waals surface area contributed by atoms with E-state index in [0.717, 1.165) is 55.6 Å². The molecule has 5 nitrogen and oxygen atoms in total. The van der Waals surface area contributed by atoms with Gasteiger partial charge in [-0.2, -0.15) is 0 Å². The Morgan fingerprint density at radius 2 is 1.67 bits per heavy atom. The average Bonchev–Trinajstić information content (AvgIpc) is 3.41. The van der Waals surface area contributed by atoms with Crippen LogP contribution in [-0.2, 0) is 19.4 Å². The standard InChI is InChI=1S/C27H29N3O2S/c1-19-10-12-21(13-11-19)25(31)28-26-24(22-8-5-9-23(22)33-26)27(32)30-16-14-29(15-17-30)18-20-6-3-2-4-7-20/h2-4,6-7,10-13H,5,8-9,14-18H2,1H3,(H,28,31). The molecule has 0 bridgehead atoms. The molecule has 0 atom stereocenters. The first-order chi connectivity index (χ1) is 16.1. The summed E-state index contributed by atoms with van der Waals surface area (Å²) in [6.45, 7) is 6.05. The summed E-state index contributed by atoms with van der Waals surface area (Å²) in [5.74, 6) is -0.0929. The number of rotatable bonds is 5. The zero-order valence-corrected chi connectivity index (χ0v) is 19.8. The van der Waals surface area contributed by atoms with Gasteiger partial charge in [0.2, 0.25) is 0 Å². The van der Waals surface area contributed by atoms with Crippen molar-refractivity contribution in [2.45, 2.75) is 32.7 Å². The Bertz CT molecular complexity index is 1150. The van der Waals surface area contributed by atoms with Gasteiger partial charge >= 0.3 is 0 Å². The molecule has 170 valence electrons. The third-order valence-electron chi connectivity index (χ3n) is 6.58. The lowest BCUT2D eigenvalue weighted by Gasteiger charge is -2.35. The minimum absolute atomic E-state index is 0.0629. The summed E-state index contributed by atoms with van der Waals surface area (Å²) in [6.07, 6.45) is 2.99. The molecule has 2 amide bonds. The fourth-order valence-electron chi connectivity index (χ4n) is 4.71. The van der Waals surface area contributed by atoms with E-state index in [4.69, 9.17) is 0 Å². The zero-order valence-electron chi connectivity index (χ0n) is 19.0. The summed E-state index contributed by atoms with van der Waals surface area (Å²) < 4.78 is 0. The lowest BCUT2D eigenvalue weighted by atomic mass is 10.1. The monoisotopic (exact) mass is 459 g/mol. The van der Waals surface area contributed by atoms with Crippen molar-refractivity contribution in [1.29, 1.82) is 0 Å². The maximum Gasteiger partial charge on any atom is 0.257 e. The number of hydrogen-bond acceptors (Lipinski definition) is 4. The van der Waals surface area contributed by atoms with Crippen molar-refractivity contribution in [3.63, 3.8) is 0 Å². The summed E-state index contributed by atoms with van der Waals surface area (Å²) in [7, 11) is 0. The second-order valence-corrected chi connectivity index (χ2v) is 10.0. The highest BCUT2D eigenvalue weighted by Crippen LogP contribution is 2.40. The number of piperazine rings is 1. The molecule has 2 heterocycles. The van der Waals surface area contributed by atoms with E-state index in [1.165, 1.54) is 10.4 Å². The molecule has 1 aromatic heterocycles. The van der Waals surface area contributed by atoms with Crippen LogP contribution in [0.4, 0.5) is 5.00 Å². The van der Waals surface area contributed by atoms with Crippen LogP contribution in [0, 0.1) is 6.92 Å². The van der Waals surface area contributed by atoms with E-state index < -0.39 is 0 Å². The van der Waals surface area contributed by atoms with E-state index in [1.807, 2.05) is 42.2 Å². The number of carbonyl (C=O) groups excluding carboxylic acids is 2. The fraction of sp³-hybridized carbons (Fsp3) is 0.333. The molecule has 3 aromatic rings. The largest absolute Gasteiger partial charge is 0.336 e. The van der Waals surface area contributed by atoms with E-state index >= 15 is 0 Å². The molecule has 1 aliphatic heterocycles. The molecule has 1 fully saturated rings. The normalized spacial score (nSPS) is 16.0. The number of amides is 2. The lowest BCUT2D eigenvalue weighted by Crippen LogP contribution is -2.48. The topological polar surface area (TPSA) is 52.7 Å². The van der Waals surface area contributed by atoms with Crippen LogP contribution in [0.25, 0.3) is 0 Å². The maximum absolute atomic E-state index is 13.6. The first-order valence-corrected chi connectivity index (χ1v) is 12.5. The highest BCUT2D eigenvalue weighted by atomic mass is 32.1. The van der Waals surface area contributed by atoms with Crippen LogP contribution in [0.2, 0.25) is 0 Å². The molecule has 33 heavy (non-hydrogen) atoms. The number of nitrogens with one attached hydrogen (secondary N) is 1. The number of anilines is 1. The fourth-order valence-corrected chi connectivity index (χ4v) is 5.98. The molecule has 1 N–H and O–H groups in total. The number of fused-ring (bicyclic) bond motifs is 1. The van der Waals surface area contributed by atoms with Crippen LogP contribution in [0.1, 0.15) is 48.7 Å². The summed E-state index contributed by atoms with van der Waals surface area (Å²) in [4.78, 5) is 32.1. The van der Waals surface area contributed by atoms with Gasteiger partial charge in [-0.25, -0.2) is 0 Å². The molecule has 5 rings (SSSR count). The van der Waals surface area contributed by atoms with E-state index in [1.54, 1.807) is 11.3 Å². The zero-order chi connectivity index (χ0) is 22.8. The van der Waals surface area contributed by atoms with Crippen molar-refractivity contribution in [2.75, 3.05) is 31.5 Å². The van der Waals surface area contributed by atoms with Gasteiger partial charge in [-0.05, 0) is 49.4 Å². The molecule has 2 aromatic carbocycles. The van der Waals surface area contributed by atoms with Crippen LogP contribution in [0.15, 0.2) is 54.6 Å². The van der Waals surface area contributed by atoms with Crippen molar-refractivity contribution in [3.8, 4) is 0 Å². The molecule has 0 radical (unpaired) electrons. The third-order valence-corrected chi connectivity index (χ3v) is 7.79. The summed E-state index contributed by atoms with van der Waals surface area (Å²) in [5.41, 5.74) is 4.90. The predicted molar refractivity (Wildman–Crippen MR) is 133 cm³/mol. The minimum atomic E-state index is -0.156.